The average molecular weight is 403 g/mol. The topological polar surface area (TPSA) is 79.5 Å². The molecule has 7 nitrogen and oxygen atoms in total. The highest BCUT2D eigenvalue weighted by molar-refractivity contribution is 5.99. The van der Waals surface area contributed by atoms with Crippen LogP contribution in [0.5, 0.6) is 0 Å². The molecule has 0 N–H and O–H groups in total. The van der Waals surface area contributed by atoms with E-state index in [1.807, 2.05) is 37.3 Å². The maximum absolute atomic E-state index is 11.6. The second-order valence-electron chi connectivity index (χ2n) is 7.43. The number of oxime groups is 1. The zero-order valence-electron chi connectivity index (χ0n) is 17.3. The lowest BCUT2D eigenvalue weighted by Crippen LogP contribution is -2.48. The summed E-state index contributed by atoms with van der Waals surface area (Å²) in [5.41, 5.74) is 1.57. The van der Waals surface area contributed by atoms with E-state index in [1.54, 1.807) is 6.92 Å². The molecule has 0 spiro atoms. The molecule has 0 bridgehead atoms. The first-order valence-corrected chi connectivity index (χ1v) is 10.0. The number of benzene rings is 1. The minimum atomic E-state index is -1.27. The number of para-hydroxylation sites is 1. The smallest absolute Gasteiger partial charge is 0.366 e. The molecule has 0 atom stereocenters. The van der Waals surface area contributed by atoms with E-state index >= 15 is 0 Å². The van der Waals surface area contributed by atoms with Crippen molar-refractivity contribution in [3.63, 3.8) is 0 Å². The lowest BCUT2D eigenvalue weighted by molar-refractivity contribution is -0.272. The first-order valence-electron chi connectivity index (χ1n) is 10.0. The third-order valence-corrected chi connectivity index (χ3v) is 5.08. The molecule has 2 heterocycles. The van der Waals surface area contributed by atoms with E-state index in [1.165, 1.54) is 7.11 Å². The normalized spacial score (nSPS) is 22.6. The fraction of sp³-hybridized carbons (Fsp3) is 0.545. The van der Waals surface area contributed by atoms with E-state index < -0.39 is 11.8 Å². The molecule has 158 valence electrons. The van der Waals surface area contributed by atoms with Crippen LogP contribution in [0.2, 0.25) is 0 Å². The van der Waals surface area contributed by atoms with Gasteiger partial charge in [-0.3, -0.25) is 0 Å². The first kappa shape index (κ1) is 21.3. The standard InChI is InChI=1S/C22H29NO6/c1-16(20-13-18-10-6-7-11-19(18)29-20)23-28-12-8-4-5-9-17-14-26-22(2,27-15-17)21(24)25-3/h6-7,10-11,13,17H,4-5,8-9,12,14-15H2,1-3H3. The number of carbonyl (C=O) groups excluding carboxylic acids is 1. The monoisotopic (exact) mass is 403 g/mol. The maximum Gasteiger partial charge on any atom is 0.366 e. The van der Waals surface area contributed by atoms with E-state index in [0.29, 0.717) is 25.7 Å². The lowest BCUT2D eigenvalue weighted by Gasteiger charge is -2.35. The van der Waals surface area contributed by atoms with Crippen molar-refractivity contribution < 1.29 is 28.3 Å². The third kappa shape index (κ3) is 5.58. The summed E-state index contributed by atoms with van der Waals surface area (Å²) in [5.74, 6) is -0.745. The molecule has 0 saturated carbocycles. The van der Waals surface area contributed by atoms with Crippen molar-refractivity contribution in [2.75, 3.05) is 26.9 Å². The van der Waals surface area contributed by atoms with Gasteiger partial charge in [-0.2, -0.15) is 0 Å². The minimum absolute atomic E-state index is 0.294. The van der Waals surface area contributed by atoms with Crippen LogP contribution < -0.4 is 0 Å². The summed E-state index contributed by atoms with van der Waals surface area (Å²) in [6.45, 7) is 5.05. The summed E-state index contributed by atoms with van der Waals surface area (Å²) in [6, 6.07) is 9.84. The van der Waals surface area contributed by atoms with Crippen LogP contribution in [0, 0.1) is 5.92 Å². The maximum atomic E-state index is 11.6. The lowest BCUT2D eigenvalue weighted by atomic mass is 10.0. The van der Waals surface area contributed by atoms with E-state index in [2.05, 4.69) is 5.16 Å². The van der Waals surface area contributed by atoms with Crippen molar-refractivity contribution in [2.24, 2.45) is 11.1 Å². The number of unbranched alkanes of at least 4 members (excludes halogenated alkanes) is 2. The second kappa shape index (κ2) is 9.89. The molecule has 0 aliphatic carbocycles. The summed E-state index contributed by atoms with van der Waals surface area (Å²) in [7, 11) is 1.33. The molecule has 2 aromatic rings. The molecule has 1 aromatic carbocycles. The predicted octanol–water partition coefficient (Wildman–Crippen LogP) is 4.29. The molecule has 1 saturated heterocycles. The van der Waals surface area contributed by atoms with Crippen molar-refractivity contribution in [3.8, 4) is 0 Å². The van der Waals surface area contributed by atoms with Crippen molar-refractivity contribution >= 4 is 22.7 Å². The molecule has 7 heteroatoms. The highest BCUT2D eigenvalue weighted by atomic mass is 16.7. The van der Waals surface area contributed by atoms with Gasteiger partial charge < -0.3 is 23.5 Å². The van der Waals surface area contributed by atoms with E-state index in [0.717, 1.165) is 48.1 Å². The van der Waals surface area contributed by atoms with Crippen LogP contribution >= 0.6 is 0 Å². The van der Waals surface area contributed by atoms with Crippen molar-refractivity contribution in [1.82, 2.24) is 0 Å². The Morgan fingerprint density at radius 2 is 1.97 bits per heavy atom. The van der Waals surface area contributed by atoms with E-state index in [4.69, 9.17) is 23.5 Å². The largest absolute Gasteiger partial charge is 0.465 e. The highest BCUT2D eigenvalue weighted by Gasteiger charge is 2.41. The number of fused-ring (bicyclic) bond motifs is 1. The minimum Gasteiger partial charge on any atom is -0.465 e. The summed E-state index contributed by atoms with van der Waals surface area (Å²) in [5, 5.41) is 5.21. The van der Waals surface area contributed by atoms with Gasteiger partial charge in [0, 0.05) is 18.2 Å². The third-order valence-electron chi connectivity index (χ3n) is 5.08. The number of rotatable bonds is 9. The van der Waals surface area contributed by atoms with Gasteiger partial charge in [-0.05, 0) is 38.3 Å². The van der Waals surface area contributed by atoms with Crippen LogP contribution in [0.3, 0.4) is 0 Å². The van der Waals surface area contributed by atoms with Crippen LogP contribution in [-0.4, -0.2) is 44.4 Å². The number of esters is 1. The van der Waals surface area contributed by atoms with Crippen molar-refractivity contribution in [3.05, 3.63) is 36.1 Å². The van der Waals surface area contributed by atoms with Gasteiger partial charge in [-0.15, -0.1) is 0 Å². The van der Waals surface area contributed by atoms with Gasteiger partial charge in [0.25, 0.3) is 5.79 Å². The van der Waals surface area contributed by atoms with Crippen molar-refractivity contribution in [2.45, 2.75) is 45.3 Å². The molecule has 0 amide bonds. The molecule has 3 rings (SSSR count). The Kier molecular flexibility index (Phi) is 7.28. The first-order chi connectivity index (χ1) is 14.0. The number of furan rings is 1. The Morgan fingerprint density at radius 3 is 2.69 bits per heavy atom. The zero-order valence-corrected chi connectivity index (χ0v) is 17.3. The van der Waals surface area contributed by atoms with Crippen molar-refractivity contribution in [1.29, 1.82) is 0 Å². The van der Waals surface area contributed by atoms with Gasteiger partial charge in [-0.1, -0.05) is 29.8 Å². The Hall–Kier alpha value is -2.38. The Labute approximate surface area is 170 Å². The van der Waals surface area contributed by atoms with Gasteiger partial charge >= 0.3 is 5.97 Å². The molecular weight excluding hydrogens is 374 g/mol. The van der Waals surface area contributed by atoms with Crippen LogP contribution in [0.4, 0.5) is 0 Å². The molecular formula is C22H29NO6. The quantitative estimate of drug-likeness (QED) is 0.269. The SMILES string of the molecule is COC(=O)C1(C)OCC(CCCCCON=C(C)c2cc3ccccc3o2)CO1. The number of ether oxygens (including phenoxy) is 3. The summed E-state index contributed by atoms with van der Waals surface area (Å²) >= 11 is 0. The van der Waals surface area contributed by atoms with Gasteiger partial charge in [0.05, 0.1) is 20.3 Å². The van der Waals surface area contributed by atoms with Gasteiger partial charge in [0.1, 0.15) is 17.9 Å². The Morgan fingerprint density at radius 1 is 1.21 bits per heavy atom. The molecule has 29 heavy (non-hydrogen) atoms. The number of hydrogen-bond donors (Lipinski definition) is 0. The highest BCUT2D eigenvalue weighted by Crippen LogP contribution is 2.25. The van der Waals surface area contributed by atoms with Gasteiger partial charge in [-0.25, -0.2) is 4.79 Å². The van der Waals surface area contributed by atoms with Crippen LogP contribution in [0.25, 0.3) is 11.0 Å². The molecule has 1 aliphatic rings. The summed E-state index contributed by atoms with van der Waals surface area (Å²) in [6.07, 6.45) is 3.98. The van der Waals surface area contributed by atoms with Gasteiger partial charge in [0.15, 0.2) is 5.76 Å². The summed E-state index contributed by atoms with van der Waals surface area (Å²) in [4.78, 5) is 17.1. The molecule has 1 aliphatic heterocycles. The number of methoxy groups -OCH3 is 1. The molecule has 0 unspecified atom stereocenters. The number of carbonyl (C=O) groups is 1. The number of hydrogen-bond acceptors (Lipinski definition) is 7. The second-order valence-corrected chi connectivity index (χ2v) is 7.43. The number of nitrogens with zero attached hydrogens (tertiary/aromatic N) is 1. The fourth-order valence-corrected chi connectivity index (χ4v) is 3.24. The predicted molar refractivity (Wildman–Crippen MR) is 109 cm³/mol. The van der Waals surface area contributed by atoms with Gasteiger partial charge in [0.2, 0.25) is 0 Å². The molecule has 0 radical (unpaired) electrons. The van der Waals surface area contributed by atoms with Crippen LogP contribution in [-0.2, 0) is 23.8 Å². The fourth-order valence-electron chi connectivity index (χ4n) is 3.24. The summed E-state index contributed by atoms with van der Waals surface area (Å²) < 4.78 is 21.6. The van der Waals surface area contributed by atoms with Crippen LogP contribution in [0.15, 0.2) is 39.9 Å². The van der Waals surface area contributed by atoms with Crippen LogP contribution in [0.1, 0.15) is 45.3 Å². The average Bonchev–Trinajstić information content (AvgIpc) is 3.18. The molecule has 1 fully saturated rings. The van der Waals surface area contributed by atoms with E-state index in [-0.39, 0.29) is 0 Å². The molecule has 1 aromatic heterocycles. The Bertz CT molecular complexity index is 802. The van der Waals surface area contributed by atoms with E-state index in [9.17, 15) is 4.79 Å². The Balaban J connectivity index is 1.29. The zero-order chi connectivity index (χ0) is 20.7.